The first-order valence-electron chi connectivity index (χ1n) is 4.83. The fraction of sp³-hybridized carbons (Fsp3) is 0.400. The third-order valence-corrected chi connectivity index (χ3v) is 2.09. The van der Waals surface area contributed by atoms with E-state index >= 15 is 0 Å². The quantitative estimate of drug-likeness (QED) is 0.345. The van der Waals surface area contributed by atoms with Crippen molar-refractivity contribution in [3.8, 4) is 11.5 Å². The highest BCUT2D eigenvalue weighted by molar-refractivity contribution is 5.52. The van der Waals surface area contributed by atoms with E-state index in [4.69, 9.17) is 9.84 Å². The van der Waals surface area contributed by atoms with Gasteiger partial charge in [-0.2, -0.15) is 0 Å². The van der Waals surface area contributed by atoms with Crippen molar-refractivity contribution >= 4 is 5.69 Å². The van der Waals surface area contributed by atoms with Gasteiger partial charge in [-0.05, 0) is 13.0 Å². The zero-order valence-corrected chi connectivity index (χ0v) is 8.84. The van der Waals surface area contributed by atoms with Crippen molar-refractivity contribution in [2.75, 3.05) is 13.2 Å². The molecular formula is C10H13NO5. The van der Waals surface area contributed by atoms with Crippen LogP contribution < -0.4 is 0 Å². The van der Waals surface area contributed by atoms with E-state index in [0.717, 1.165) is 6.07 Å². The number of nitro benzene ring substituents is 1. The summed E-state index contributed by atoms with van der Waals surface area (Å²) in [4.78, 5) is 10.1. The Morgan fingerprint density at radius 1 is 1.38 bits per heavy atom. The molecule has 6 heteroatoms. The van der Waals surface area contributed by atoms with Crippen LogP contribution in [-0.4, -0.2) is 28.4 Å². The van der Waals surface area contributed by atoms with Crippen LogP contribution in [0.3, 0.4) is 0 Å². The highest BCUT2D eigenvalue weighted by Crippen LogP contribution is 2.32. The number of phenolic OH excluding ortho intramolecular Hbond substituents is 2. The average Bonchev–Trinajstić information content (AvgIpc) is 2.23. The summed E-state index contributed by atoms with van der Waals surface area (Å²) in [5.74, 6) is -0.857. The summed E-state index contributed by atoms with van der Waals surface area (Å²) < 4.78 is 5.08. The lowest BCUT2D eigenvalue weighted by molar-refractivity contribution is -0.385. The standard InChI is InChI=1S/C10H13NO5/c1-2-16-4-3-7-5-9(12)10(13)6-8(7)11(14)15/h5-6,12-13H,2-4H2,1H3. The lowest BCUT2D eigenvalue weighted by Crippen LogP contribution is -2.01. The lowest BCUT2D eigenvalue weighted by atomic mass is 10.1. The van der Waals surface area contributed by atoms with Crippen molar-refractivity contribution in [1.82, 2.24) is 0 Å². The third kappa shape index (κ3) is 2.83. The Hall–Kier alpha value is -1.82. The van der Waals surface area contributed by atoms with Gasteiger partial charge in [0.25, 0.3) is 5.69 Å². The molecule has 1 aromatic carbocycles. The number of phenols is 2. The van der Waals surface area contributed by atoms with Crippen LogP contribution in [0.1, 0.15) is 12.5 Å². The molecule has 0 aliphatic rings. The first kappa shape index (κ1) is 12.3. The maximum absolute atomic E-state index is 10.7. The summed E-state index contributed by atoms with van der Waals surface area (Å²) in [7, 11) is 0. The van der Waals surface area contributed by atoms with Gasteiger partial charge < -0.3 is 14.9 Å². The van der Waals surface area contributed by atoms with Crippen LogP contribution in [0.15, 0.2) is 12.1 Å². The van der Waals surface area contributed by atoms with E-state index in [-0.39, 0.29) is 11.4 Å². The van der Waals surface area contributed by atoms with E-state index in [2.05, 4.69) is 0 Å². The van der Waals surface area contributed by atoms with Crippen molar-refractivity contribution in [3.05, 3.63) is 27.8 Å². The molecule has 0 amide bonds. The molecule has 88 valence electrons. The lowest BCUT2D eigenvalue weighted by Gasteiger charge is -2.05. The van der Waals surface area contributed by atoms with E-state index in [1.54, 1.807) is 0 Å². The third-order valence-electron chi connectivity index (χ3n) is 2.09. The Kier molecular flexibility index (Phi) is 4.07. The summed E-state index contributed by atoms with van der Waals surface area (Å²) in [5.41, 5.74) is 0.128. The normalized spacial score (nSPS) is 10.3. The second-order valence-corrected chi connectivity index (χ2v) is 3.17. The minimum atomic E-state index is -0.597. The second kappa shape index (κ2) is 5.32. The molecule has 0 fully saturated rings. The fourth-order valence-corrected chi connectivity index (χ4v) is 1.31. The van der Waals surface area contributed by atoms with Gasteiger partial charge in [0.15, 0.2) is 11.5 Å². The number of aromatic hydroxyl groups is 2. The number of hydrogen-bond acceptors (Lipinski definition) is 5. The highest BCUT2D eigenvalue weighted by Gasteiger charge is 2.17. The summed E-state index contributed by atoms with van der Waals surface area (Å²) in [6, 6.07) is 2.13. The number of nitro groups is 1. The number of ether oxygens (including phenoxy) is 1. The molecule has 0 unspecified atom stereocenters. The van der Waals surface area contributed by atoms with Gasteiger partial charge in [0.2, 0.25) is 0 Å². The fourth-order valence-electron chi connectivity index (χ4n) is 1.31. The van der Waals surface area contributed by atoms with Gasteiger partial charge in [-0.3, -0.25) is 10.1 Å². The predicted octanol–water partition coefficient (Wildman–Crippen LogP) is 1.58. The first-order valence-corrected chi connectivity index (χ1v) is 4.83. The Bertz CT molecular complexity index is 391. The molecular weight excluding hydrogens is 214 g/mol. The molecule has 0 heterocycles. The van der Waals surface area contributed by atoms with E-state index < -0.39 is 10.7 Å². The Labute approximate surface area is 92.2 Å². The minimum absolute atomic E-state index is 0.213. The molecule has 0 spiro atoms. The highest BCUT2D eigenvalue weighted by atomic mass is 16.6. The molecule has 0 aromatic heterocycles. The number of hydrogen-bond donors (Lipinski definition) is 2. The van der Waals surface area contributed by atoms with Crippen LogP contribution in [0.5, 0.6) is 11.5 Å². The molecule has 0 saturated heterocycles. The van der Waals surface area contributed by atoms with Crippen molar-refractivity contribution in [1.29, 1.82) is 0 Å². The maximum atomic E-state index is 10.7. The molecule has 0 aliphatic carbocycles. The average molecular weight is 227 g/mol. The molecule has 0 radical (unpaired) electrons. The molecule has 2 N–H and O–H groups in total. The van der Waals surface area contributed by atoms with Crippen LogP contribution in [0.2, 0.25) is 0 Å². The van der Waals surface area contributed by atoms with Gasteiger partial charge in [-0.1, -0.05) is 0 Å². The molecule has 1 aromatic rings. The largest absolute Gasteiger partial charge is 0.504 e. The summed E-state index contributed by atoms with van der Waals surface area (Å²) in [5, 5.41) is 29.1. The van der Waals surface area contributed by atoms with Crippen LogP contribution in [0, 0.1) is 10.1 Å². The van der Waals surface area contributed by atoms with Crippen molar-refractivity contribution in [2.45, 2.75) is 13.3 Å². The van der Waals surface area contributed by atoms with Crippen LogP contribution in [0.4, 0.5) is 5.69 Å². The van der Waals surface area contributed by atoms with E-state index in [9.17, 15) is 15.2 Å². The van der Waals surface area contributed by atoms with E-state index in [1.165, 1.54) is 6.07 Å². The second-order valence-electron chi connectivity index (χ2n) is 3.17. The Morgan fingerprint density at radius 2 is 2.00 bits per heavy atom. The molecule has 6 nitrogen and oxygen atoms in total. The van der Waals surface area contributed by atoms with Gasteiger partial charge in [0, 0.05) is 18.6 Å². The van der Waals surface area contributed by atoms with Gasteiger partial charge in [0.1, 0.15) is 0 Å². The smallest absolute Gasteiger partial charge is 0.276 e. The van der Waals surface area contributed by atoms with Crippen molar-refractivity contribution < 1.29 is 19.9 Å². The maximum Gasteiger partial charge on any atom is 0.276 e. The van der Waals surface area contributed by atoms with E-state index in [0.29, 0.717) is 25.2 Å². The predicted molar refractivity (Wildman–Crippen MR) is 56.6 cm³/mol. The SMILES string of the molecule is CCOCCc1cc(O)c(O)cc1[N+](=O)[O-]. The van der Waals surface area contributed by atoms with Crippen LogP contribution in [0.25, 0.3) is 0 Å². The van der Waals surface area contributed by atoms with Gasteiger partial charge in [-0.25, -0.2) is 0 Å². The first-order chi connectivity index (χ1) is 7.56. The summed E-state index contributed by atoms with van der Waals surface area (Å²) in [6.07, 6.45) is 0.317. The van der Waals surface area contributed by atoms with Crippen molar-refractivity contribution in [2.24, 2.45) is 0 Å². The Balaban J connectivity index is 2.95. The zero-order chi connectivity index (χ0) is 12.1. The molecule has 0 bridgehead atoms. The summed E-state index contributed by atoms with van der Waals surface area (Å²) in [6.45, 7) is 2.68. The topological polar surface area (TPSA) is 92.8 Å². The number of rotatable bonds is 5. The minimum Gasteiger partial charge on any atom is -0.504 e. The Morgan fingerprint density at radius 3 is 2.56 bits per heavy atom. The molecule has 0 atom stereocenters. The van der Waals surface area contributed by atoms with Gasteiger partial charge in [-0.15, -0.1) is 0 Å². The van der Waals surface area contributed by atoms with E-state index in [1.807, 2.05) is 6.92 Å². The summed E-state index contributed by atoms with van der Waals surface area (Å²) >= 11 is 0. The van der Waals surface area contributed by atoms with Crippen LogP contribution >= 0.6 is 0 Å². The monoisotopic (exact) mass is 227 g/mol. The molecule has 16 heavy (non-hydrogen) atoms. The molecule has 0 saturated carbocycles. The molecule has 1 rings (SSSR count). The van der Waals surface area contributed by atoms with Gasteiger partial charge in [0.05, 0.1) is 17.6 Å². The zero-order valence-electron chi connectivity index (χ0n) is 8.84. The molecule has 0 aliphatic heterocycles. The van der Waals surface area contributed by atoms with Crippen molar-refractivity contribution in [3.63, 3.8) is 0 Å². The number of nitrogens with zero attached hydrogens (tertiary/aromatic N) is 1. The van der Waals surface area contributed by atoms with Crippen LogP contribution in [-0.2, 0) is 11.2 Å². The van der Waals surface area contributed by atoms with Gasteiger partial charge >= 0.3 is 0 Å². The number of benzene rings is 1.